The standard InChI is InChI=1S/C22H24N2/c1-3-24(4-2)20-9-7-16(8-10-20)21-18-5-6-19(15-18)22(21)17-11-13-23-14-12-17/h5-14,18-19H,3-4,15H2,1-2H3. The number of rotatable bonds is 5. The molecule has 4 rings (SSSR count). The van der Waals surface area contributed by atoms with Crippen molar-refractivity contribution < 1.29 is 0 Å². The molecule has 0 saturated heterocycles. The lowest BCUT2D eigenvalue weighted by atomic mass is 9.87. The van der Waals surface area contributed by atoms with Crippen LogP contribution in [0.5, 0.6) is 0 Å². The number of allylic oxidation sites excluding steroid dienone is 4. The lowest BCUT2D eigenvalue weighted by Gasteiger charge is -2.22. The lowest BCUT2D eigenvalue weighted by Crippen LogP contribution is -2.21. The van der Waals surface area contributed by atoms with E-state index in [1.807, 2.05) is 12.4 Å². The van der Waals surface area contributed by atoms with Crippen molar-refractivity contribution >= 4 is 16.8 Å². The first-order valence-corrected chi connectivity index (χ1v) is 9.00. The van der Waals surface area contributed by atoms with Gasteiger partial charge in [0.1, 0.15) is 0 Å². The van der Waals surface area contributed by atoms with Gasteiger partial charge in [0.05, 0.1) is 0 Å². The minimum atomic E-state index is 0.565. The fourth-order valence-electron chi connectivity index (χ4n) is 4.24. The average Bonchev–Trinajstić information content (AvgIpc) is 3.25. The quantitative estimate of drug-likeness (QED) is 0.718. The summed E-state index contributed by atoms with van der Waals surface area (Å²) < 4.78 is 0. The highest BCUT2D eigenvalue weighted by Gasteiger charge is 2.36. The molecule has 2 heteroatoms. The van der Waals surface area contributed by atoms with E-state index in [1.54, 1.807) is 0 Å². The van der Waals surface area contributed by atoms with Crippen LogP contribution in [0.3, 0.4) is 0 Å². The van der Waals surface area contributed by atoms with Gasteiger partial charge >= 0.3 is 0 Å². The number of nitrogens with zero attached hydrogens (tertiary/aromatic N) is 2. The maximum absolute atomic E-state index is 4.18. The summed E-state index contributed by atoms with van der Waals surface area (Å²) >= 11 is 0. The van der Waals surface area contributed by atoms with Crippen LogP contribution in [-0.2, 0) is 0 Å². The Morgan fingerprint density at radius 3 is 1.92 bits per heavy atom. The monoisotopic (exact) mass is 316 g/mol. The minimum absolute atomic E-state index is 0.565. The van der Waals surface area contributed by atoms with Crippen molar-refractivity contribution in [3.05, 3.63) is 72.1 Å². The Kier molecular flexibility index (Phi) is 3.97. The summed E-state index contributed by atoms with van der Waals surface area (Å²) in [5.41, 5.74) is 7.02. The van der Waals surface area contributed by atoms with Gasteiger partial charge in [-0.2, -0.15) is 0 Å². The van der Waals surface area contributed by atoms with Crippen molar-refractivity contribution in [3.8, 4) is 0 Å². The summed E-state index contributed by atoms with van der Waals surface area (Å²) in [7, 11) is 0. The number of benzene rings is 1. The highest BCUT2D eigenvalue weighted by atomic mass is 15.1. The van der Waals surface area contributed by atoms with Gasteiger partial charge in [-0.1, -0.05) is 24.3 Å². The number of pyridine rings is 1. The fraction of sp³-hybridized carbons (Fsp3) is 0.318. The van der Waals surface area contributed by atoms with Crippen LogP contribution < -0.4 is 4.90 Å². The minimum Gasteiger partial charge on any atom is -0.372 e. The first-order valence-electron chi connectivity index (χ1n) is 9.00. The molecule has 0 saturated carbocycles. The molecule has 2 nitrogen and oxygen atoms in total. The summed E-state index contributed by atoms with van der Waals surface area (Å²) in [6, 6.07) is 13.4. The second-order valence-electron chi connectivity index (χ2n) is 6.62. The topological polar surface area (TPSA) is 16.1 Å². The van der Waals surface area contributed by atoms with E-state index in [4.69, 9.17) is 0 Å². The molecular formula is C22H24N2. The van der Waals surface area contributed by atoms with Crippen molar-refractivity contribution in [1.82, 2.24) is 4.98 Å². The van der Waals surface area contributed by atoms with Gasteiger partial charge in [0, 0.05) is 43.0 Å². The average molecular weight is 316 g/mol. The summed E-state index contributed by atoms with van der Waals surface area (Å²) in [5, 5.41) is 0. The molecule has 1 aromatic heterocycles. The summed E-state index contributed by atoms with van der Waals surface area (Å²) in [6.07, 6.45) is 9.81. The van der Waals surface area contributed by atoms with Crippen LogP contribution in [0, 0.1) is 11.8 Å². The molecule has 122 valence electrons. The van der Waals surface area contributed by atoms with Gasteiger partial charge < -0.3 is 4.90 Å². The Balaban J connectivity index is 1.75. The van der Waals surface area contributed by atoms with Gasteiger partial charge in [-0.3, -0.25) is 4.98 Å². The number of aromatic nitrogens is 1. The third-order valence-corrected chi connectivity index (χ3v) is 5.41. The molecule has 2 aromatic rings. The molecule has 0 fully saturated rings. The van der Waals surface area contributed by atoms with Gasteiger partial charge in [0.25, 0.3) is 0 Å². The Labute approximate surface area is 144 Å². The van der Waals surface area contributed by atoms with E-state index in [2.05, 4.69) is 72.3 Å². The maximum atomic E-state index is 4.18. The zero-order chi connectivity index (χ0) is 16.5. The molecule has 2 bridgehead atoms. The summed E-state index contributed by atoms with van der Waals surface area (Å²) in [5.74, 6) is 1.13. The van der Waals surface area contributed by atoms with Crippen LogP contribution in [0.4, 0.5) is 5.69 Å². The highest BCUT2D eigenvalue weighted by molar-refractivity contribution is 5.97. The molecule has 0 radical (unpaired) electrons. The molecule has 2 aliphatic rings. The predicted molar refractivity (Wildman–Crippen MR) is 102 cm³/mol. The largest absolute Gasteiger partial charge is 0.372 e. The fourth-order valence-corrected chi connectivity index (χ4v) is 4.24. The normalized spacial score (nSPS) is 21.6. The number of hydrogen-bond donors (Lipinski definition) is 0. The molecule has 0 amide bonds. The molecule has 0 spiro atoms. The van der Waals surface area contributed by atoms with Crippen molar-refractivity contribution in [2.75, 3.05) is 18.0 Å². The van der Waals surface area contributed by atoms with Gasteiger partial charge in [0.2, 0.25) is 0 Å². The van der Waals surface area contributed by atoms with E-state index < -0.39 is 0 Å². The zero-order valence-corrected chi connectivity index (χ0v) is 14.4. The molecule has 2 aliphatic carbocycles. The van der Waals surface area contributed by atoms with Gasteiger partial charge in [-0.05, 0) is 66.8 Å². The molecule has 1 aromatic carbocycles. The van der Waals surface area contributed by atoms with Gasteiger partial charge in [0.15, 0.2) is 0 Å². The first-order chi connectivity index (χ1) is 11.8. The van der Waals surface area contributed by atoms with Crippen LogP contribution in [0.25, 0.3) is 11.1 Å². The van der Waals surface area contributed by atoms with Gasteiger partial charge in [-0.15, -0.1) is 0 Å². The van der Waals surface area contributed by atoms with Gasteiger partial charge in [-0.25, -0.2) is 0 Å². The SMILES string of the molecule is CCN(CC)c1ccc(C2=C(c3ccncc3)C3C=CC2C3)cc1. The third kappa shape index (κ3) is 2.47. The second kappa shape index (κ2) is 6.27. The number of anilines is 1. The van der Waals surface area contributed by atoms with E-state index in [0.29, 0.717) is 11.8 Å². The van der Waals surface area contributed by atoms with Crippen molar-refractivity contribution in [2.45, 2.75) is 20.3 Å². The van der Waals surface area contributed by atoms with Crippen LogP contribution >= 0.6 is 0 Å². The van der Waals surface area contributed by atoms with Crippen molar-refractivity contribution in [2.24, 2.45) is 11.8 Å². The molecule has 2 unspecified atom stereocenters. The van der Waals surface area contributed by atoms with Crippen LogP contribution in [-0.4, -0.2) is 18.1 Å². The smallest absolute Gasteiger partial charge is 0.0366 e. The van der Waals surface area contributed by atoms with E-state index in [-0.39, 0.29) is 0 Å². The molecule has 2 atom stereocenters. The molecule has 0 aliphatic heterocycles. The Bertz CT molecular complexity index is 767. The number of hydrogen-bond acceptors (Lipinski definition) is 2. The molecule has 0 N–H and O–H groups in total. The Hall–Kier alpha value is -2.35. The van der Waals surface area contributed by atoms with Crippen molar-refractivity contribution in [3.63, 3.8) is 0 Å². The summed E-state index contributed by atoms with van der Waals surface area (Å²) in [6.45, 7) is 6.52. The van der Waals surface area contributed by atoms with E-state index in [9.17, 15) is 0 Å². The number of fused-ring (bicyclic) bond motifs is 2. The van der Waals surface area contributed by atoms with E-state index in [1.165, 1.54) is 34.4 Å². The maximum Gasteiger partial charge on any atom is 0.0366 e. The molecular weight excluding hydrogens is 292 g/mol. The third-order valence-electron chi connectivity index (χ3n) is 5.41. The van der Waals surface area contributed by atoms with Crippen molar-refractivity contribution in [1.29, 1.82) is 0 Å². The van der Waals surface area contributed by atoms with E-state index >= 15 is 0 Å². The zero-order valence-electron chi connectivity index (χ0n) is 14.4. The second-order valence-corrected chi connectivity index (χ2v) is 6.62. The summed E-state index contributed by atoms with van der Waals surface area (Å²) in [4.78, 5) is 6.57. The Morgan fingerprint density at radius 1 is 0.833 bits per heavy atom. The Morgan fingerprint density at radius 2 is 1.38 bits per heavy atom. The predicted octanol–water partition coefficient (Wildman–Crippen LogP) is 5.04. The van der Waals surface area contributed by atoms with Crippen LogP contribution in [0.15, 0.2) is 60.9 Å². The molecule has 24 heavy (non-hydrogen) atoms. The van der Waals surface area contributed by atoms with Crippen LogP contribution in [0.1, 0.15) is 31.4 Å². The highest BCUT2D eigenvalue weighted by Crippen LogP contribution is 2.52. The molecule has 1 heterocycles. The van der Waals surface area contributed by atoms with Crippen LogP contribution in [0.2, 0.25) is 0 Å². The van der Waals surface area contributed by atoms with E-state index in [0.717, 1.165) is 13.1 Å². The lowest BCUT2D eigenvalue weighted by molar-refractivity contribution is 0.746. The first kappa shape index (κ1) is 15.2.